The molecule has 0 bridgehead atoms. The van der Waals surface area contributed by atoms with Gasteiger partial charge in [-0.3, -0.25) is 4.79 Å². The number of thioether (sulfide) groups is 1. The first-order valence-electron chi connectivity index (χ1n) is 5.37. The molecule has 0 saturated heterocycles. The van der Waals surface area contributed by atoms with Crippen molar-refractivity contribution in [1.82, 2.24) is 0 Å². The Morgan fingerprint density at radius 1 is 1.47 bits per heavy atom. The summed E-state index contributed by atoms with van der Waals surface area (Å²) in [4.78, 5) is 12.3. The molecule has 0 aromatic heterocycles. The molecule has 0 heterocycles. The molecule has 94 valence electrons. The van der Waals surface area contributed by atoms with Crippen LogP contribution in [0.5, 0.6) is 5.75 Å². The highest BCUT2D eigenvalue weighted by atomic mass is 32.2. The lowest BCUT2D eigenvalue weighted by molar-refractivity contribution is -0.144. The lowest BCUT2D eigenvalue weighted by Crippen LogP contribution is -2.34. The SMILES string of the molecule is CCOC(=O)C(N)CSc1ccccc1OC. The van der Waals surface area contributed by atoms with Gasteiger partial charge in [0.2, 0.25) is 0 Å². The number of para-hydroxylation sites is 1. The first-order chi connectivity index (χ1) is 8.19. The van der Waals surface area contributed by atoms with Crippen molar-refractivity contribution in [2.24, 2.45) is 5.73 Å². The molecule has 0 spiro atoms. The van der Waals surface area contributed by atoms with Gasteiger partial charge in [0, 0.05) is 10.6 Å². The number of hydrogen-bond acceptors (Lipinski definition) is 5. The number of benzene rings is 1. The number of nitrogens with two attached hydrogens (primary N) is 1. The number of hydrogen-bond donors (Lipinski definition) is 1. The molecule has 0 saturated carbocycles. The molecule has 2 N–H and O–H groups in total. The van der Waals surface area contributed by atoms with Crippen molar-refractivity contribution in [1.29, 1.82) is 0 Å². The van der Waals surface area contributed by atoms with Crippen LogP contribution >= 0.6 is 11.8 Å². The lowest BCUT2D eigenvalue weighted by Gasteiger charge is -2.11. The Morgan fingerprint density at radius 3 is 2.82 bits per heavy atom. The highest BCUT2D eigenvalue weighted by Gasteiger charge is 2.15. The zero-order valence-corrected chi connectivity index (χ0v) is 10.8. The average molecular weight is 255 g/mol. The Bertz CT molecular complexity index is 371. The van der Waals surface area contributed by atoms with Crippen LogP contribution in [0.4, 0.5) is 0 Å². The van der Waals surface area contributed by atoms with E-state index < -0.39 is 6.04 Å². The molecular weight excluding hydrogens is 238 g/mol. The van der Waals surface area contributed by atoms with Gasteiger partial charge in [-0.25, -0.2) is 0 Å². The van der Waals surface area contributed by atoms with Gasteiger partial charge in [-0.15, -0.1) is 11.8 Å². The second-order valence-electron chi connectivity index (χ2n) is 3.32. The van der Waals surface area contributed by atoms with Crippen LogP contribution in [-0.2, 0) is 9.53 Å². The Balaban J connectivity index is 2.52. The molecule has 17 heavy (non-hydrogen) atoms. The summed E-state index contributed by atoms with van der Waals surface area (Å²) < 4.78 is 10.0. The van der Waals surface area contributed by atoms with Gasteiger partial charge in [0.05, 0.1) is 13.7 Å². The molecular formula is C12H17NO3S. The van der Waals surface area contributed by atoms with Crippen LogP contribution in [0.15, 0.2) is 29.2 Å². The quantitative estimate of drug-likeness (QED) is 0.619. The third kappa shape index (κ3) is 4.28. The number of methoxy groups -OCH3 is 1. The Morgan fingerprint density at radius 2 is 2.18 bits per heavy atom. The summed E-state index contributed by atoms with van der Waals surface area (Å²) in [5.74, 6) is 0.891. The molecule has 1 rings (SSSR count). The van der Waals surface area contributed by atoms with E-state index in [4.69, 9.17) is 15.2 Å². The van der Waals surface area contributed by atoms with E-state index in [-0.39, 0.29) is 5.97 Å². The molecule has 0 radical (unpaired) electrons. The van der Waals surface area contributed by atoms with E-state index in [9.17, 15) is 4.79 Å². The van der Waals surface area contributed by atoms with Crippen molar-refractivity contribution in [3.05, 3.63) is 24.3 Å². The second-order valence-corrected chi connectivity index (χ2v) is 4.38. The molecule has 1 aromatic carbocycles. The highest BCUT2D eigenvalue weighted by Crippen LogP contribution is 2.28. The van der Waals surface area contributed by atoms with Crippen molar-refractivity contribution in [3.8, 4) is 5.75 Å². The van der Waals surface area contributed by atoms with Crippen molar-refractivity contribution in [2.75, 3.05) is 19.5 Å². The van der Waals surface area contributed by atoms with Crippen LogP contribution < -0.4 is 10.5 Å². The Labute approximate surface area is 105 Å². The van der Waals surface area contributed by atoms with E-state index in [0.717, 1.165) is 10.6 Å². The predicted molar refractivity (Wildman–Crippen MR) is 68.3 cm³/mol. The van der Waals surface area contributed by atoms with Crippen LogP contribution in [0.1, 0.15) is 6.92 Å². The van der Waals surface area contributed by atoms with E-state index in [0.29, 0.717) is 12.4 Å². The van der Waals surface area contributed by atoms with Gasteiger partial charge < -0.3 is 15.2 Å². The van der Waals surface area contributed by atoms with Crippen LogP contribution in [0.25, 0.3) is 0 Å². The molecule has 1 unspecified atom stereocenters. The summed E-state index contributed by atoms with van der Waals surface area (Å²) in [6.45, 7) is 2.11. The zero-order valence-electron chi connectivity index (χ0n) is 10.0. The molecule has 5 heteroatoms. The molecule has 4 nitrogen and oxygen atoms in total. The van der Waals surface area contributed by atoms with Crippen molar-refractivity contribution in [2.45, 2.75) is 17.9 Å². The Hall–Kier alpha value is -1.20. The third-order valence-electron chi connectivity index (χ3n) is 2.08. The first-order valence-corrected chi connectivity index (χ1v) is 6.35. The van der Waals surface area contributed by atoms with Crippen molar-refractivity contribution < 1.29 is 14.3 Å². The fourth-order valence-corrected chi connectivity index (χ4v) is 2.20. The fourth-order valence-electron chi connectivity index (χ4n) is 1.23. The first kappa shape index (κ1) is 13.9. The number of rotatable bonds is 6. The van der Waals surface area contributed by atoms with Gasteiger partial charge in [-0.2, -0.15) is 0 Å². The summed E-state index contributed by atoms with van der Waals surface area (Å²) in [7, 11) is 1.62. The normalized spacial score (nSPS) is 11.9. The van der Waals surface area contributed by atoms with Crippen molar-refractivity contribution in [3.63, 3.8) is 0 Å². The van der Waals surface area contributed by atoms with E-state index >= 15 is 0 Å². The maximum Gasteiger partial charge on any atom is 0.323 e. The summed E-state index contributed by atoms with van der Waals surface area (Å²) in [5.41, 5.74) is 5.71. The lowest BCUT2D eigenvalue weighted by atomic mass is 10.3. The molecule has 1 atom stereocenters. The summed E-state index contributed by atoms with van der Waals surface area (Å²) in [6, 6.07) is 7.01. The Kier molecular flexibility index (Phi) is 5.86. The van der Waals surface area contributed by atoms with Gasteiger partial charge in [0.25, 0.3) is 0 Å². The minimum atomic E-state index is -0.607. The monoisotopic (exact) mass is 255 g/mol. The molecule has 0 aliphatic carbocycles. The van der Waals surface area contributed by atoms with Crippen LogP contribution in [0.2, 0.25) is 0 Å². The molecule has 1 aromatic rings. The smallest absolute Gasteiger partial charge is 0.323 e. The van der Waals surface area contributed by atoms with Gasteiger partial charge in [0.15, 0.2) is 0 Å². The number of ether oxygens (including phenoxy) is 2. The molecule has 0 aliphatic heterocycles. The van der Waals surface area contributed by atoms with E-state index in [1.165, 1.54) is 11.8 Å². The van der Waals surface area contributed by atoms with Gasteiger partial charge in [-0.1, -0.05) is 12.1 Å². The largest absolute Gasteiger partial charge is 0.496 e. The van der Waals surface area contributed by atoms with E-state index in [1.807, 2.05) is 24.3 Å². The molecule has 0 fully saturated rings. The summed E-state index contributed by atoms with van der Waals surface area (Å²) >= 11 is 1.48. The van der Waals surface area contributed by atoms with Crippen LogP contribution in [0.3, 0.4) is 0 Å². The minimum Gasteiger partial charge on any atom is -0.496 e. The summed E-state index contributed by atoms with van der Waals surface area (Å²) in [5, 5.41) is 0. The van der Waals surface area contributed by atoms with Gasteiger partial charge >= 0.3 is 5.97 Å². The maximum absolute atomic E-state index is 11.3. The van der Waals surface area contributed by atoms with Gasteiger partial charge in [-0.05, 0) is 19.1 Å². The summed E-state index contributed by atoms with van der Waals surface area (Å²) in [6.07, 6.45) is 0. The number of carbonyl (C=O) groups is 1. The molecule has 0 amide bonds. The van der Waals surface area contributed by atoms with Gasteiger partial charge in [0.1, 0.15) is 11.8 Å². The van der Waals surface area contributed by atoms with E-state index in [2.05, 4.69) is 0 Å². The second kappa shape index (κ2) is 7.19. The zero-order chi connectivity index (χ0) is 12.7. The molecule has 0 aliphatic rings. The number of esters is 1. The third-order valence-corrected chi connectivity index (χ3v) is 3.25. The predicted octanol–water partition coefficient (Wildman–Crippen LogP) is 1.68. The standard InChI is InChI=1S/C12H17NO3S/c1-3-16-12(14)9(13)8-17-11-7-5-4-6-10(11)15-2/h4-7,9H,3,8,13H2,1-2H3. The average Bonchev–Trinajstić information content (AvgIpc) is 2.36. The van der Waals surface area contributed by atoms with Crippen LogP contribution in [0, 0.1) is 0 Å². The van der Waals surface area contributed by atoms with Crippen molar-refractivity contribution >= 4 is 17.7 Å². The minimum absolute atomic E-state index is 0.353. The highest BCUT2D eigenvalue weighted by molar-refractivity contribution is 7.99. The topological polar surface area (TPSA) is 61.5 Å². The fraction of sp³-hybridized carbons (Fsp3) is 0.417. The number of carbonyl (C=O) groups excluding carboxylic acids is 1. The van der Waals surface area contributed by atoms with Crippen LogP contribution in [-0.4, -0.2) is 31.5 Å². The maximum atomic E-state index is 11.3. The van der Waals surface area contributed by atoms with E-state index in [1.54, 1.807) is 14.0 Å².